The zero-order valence-electron chi connectivity index (χ0n) is 16.5. The SMILES string of the molecule is O=C(c1ccccc1)c1c(-c2ccccc2)oc(-c2ccc3ccccc3c2)nc1=O. The summed E-state index contributed by atoms with van der Waals surface area (Å²) in [5.41, 5.74) is 1.05. The Labute approximate surface area is 178 Å². The molecule has 4 heteroatoms. The first-order chi connectivity index (χ1) is 15.2. The minimum atomic E-state index is -0.609. The highest BCUT2D eigenvalue weighted by Crippen LogP contribution is 2.29. The Bertz CT molecular complexity index is 1450. The van der Waals surface area contributed by atoms with Crippen LogP contribution in [0.15, 0.2) is 112 Å². The summed E-state index contributed by atoms with van der Waals surface area (Å²) in [6, 6.07) is 31.5. The maximum absolute atomic E-state index is 13.2. The fraction of sp³-hybridized carbons (Fsp3) is 0. The van der Waals surface area contributed by atoms with Gasteiger partial charge in [0.15, 0.2) is 5.76 Å². The van der Waals surface area contributed by atoms with Crippen LogP contribution in [0, 0.1) is 0 Å². The third-order valence-electron chi connectivity index (χ3n) is 5.14. The van der Waals surface area contributed by atoms with Gasteiger partial charge in [-0.25, -0.2) is 0 Å². The van der Waals surface area contributed by atoms with Gasteiger partial charge in [-0.3, -0.25) is 9.59 Å². The second kappa shape index (κ2) is 7.84. The van der Waals surface area contributed by atoms with Gasteiger partial charge in [0, 0.05) is 16.7 Å². The van der Waals surface area contributed by atoms with Crippen molar-refractivity contribution in [3.63, 3.8) is 0 Å². The first kappa shape index (κ1) is 18.7. The molecule has 0 aliphatic carbocycles. The number of hydrogen-bond donors (Lipinski definition) is 0. The monoisotopic (exact) mass is 403 g/mol. The summed E-state index contributed by atoms with van der Waals surface area (Å²) in [6.07, 6.45) is 0. The van der Waals surface area contributed by atoms with Gasteiger partial charge in [-0.1, -0.05) is 91.0 Å². The molecule has 4 aromatic carbocycles. The molecule has 4 nitrogen and oxygen atoms in total. The zero-order valence-corrected chi connectivity index (χ0v) is 16.5. The first-order valence-corrected chi connectivity index (χ1v) is 9.90. The van der Waals surface area contributed by atoms with Gasteiger partial charge in [-0.15, -0.1) is 0 Å². The van der Waals surface area contributed by atoms with Crippen molar-refractivity contribution in [1.29, 1.82) is 0 Å². The van der Waals surface area contributed by atoms with Crippen molar-refractivity contribution in [2.24, 2.45) is 0 Å². The van der Waals surface area contributed by atoms with Crippen LogP contribution in [0.1, 0.15) is 15.9 Å². The molecule has 0 bridgehead atoms. The maximum atomic E-state index is 13.2. The van der Waals surface area contributed by atoms with Crippen LogP contribution in [-0.2, 0) is 0 Å². The fourth-order valence-electron chi connectivity index (χ4n) is 3.59. The molecule has 0 aliphatic rings. The second-order valence-corrected chi connectivity index (χ2v) is 7.15. The van der Waals surface area contributed by atoms with E-state index in [1.165, 1.54) is 0 Å². The lowest BCUT2D eigenvalue weighted by atomic mass is 10.00. The van der Waals surface area contributed by atoms with E-state index in [1.807, 2.05) is 78.9 Å². The second-order valence-electron chi connectivity index (χ2n) is 7.15. The van der Waals surface area contributed by atoms with Crippen LogP contribution in [-0.4, -0.2) is 10.8 Å². The molecule has 0 saturated carbocycles. The van der Waals surface area contributed by atoms with Crippen LogP contribution < -0.4 is 5.56 Å². The fourth-order valence-corrected chi connectivity index (χ4v) is 3.59. The zero-order chi connectivity index (χ0) is 21.2. The Hall–Kier alpha value is -4.31. The summed E-state index contributed by atoms with van der Waals surface area (Å²) in [5.74, 6) is -0.0115. The summed E-state index contributed by atoms with van der Waals surface area (Å²) >= 11 is 0. The van der Waals surface area contributed by atoms with E-state index >= 15 is 0 Å². The molecule has 0 aliphatic heterocycles. The Balaban J connectivity index is 1.73. The Morgan fingerprint density at radius 3 is 2.06 bits per heavy atom. The number of carbonyl (C=O) groups excluding carboxylic acids is 1. The molecule has 0 amide bonds. The van der Waals surface area contributed by atoms with Crippen molar-refractivity contribution >= 4 is 16.6 Å². The van der Waals surface area contributed by atoms with Gasteiger partial charge < -0.3 is 4.42 Å². The molecule has 5 aromatic rings. The van der Waals surface area contributed by atoms with Gasteiger partial charge >= 0.3 is 0 Å². The van der Waals surface area contributed by atoms with Crippen LogP contribution in [0.3, 0.4) is 0 Å². The average molecular weight is 403 g/mol. The maximum Gasteiger partial charge on any atom is 0.288 e. The molecule has 31 heavy (non-hydrogen) atoms. The molecule has 0 N–H and O–H groups in total. The minimum Gasteiger partial charge on any atom is -0.437 e. The highest BCUT2D eigenvalue weighted by Gasteiger charge is 2.23. The molecule has 1 heterocycles. The number of hydrogen-bond acceptors (Lipinski definition) is 4. The third-order valence-corrected chi connectivity index (χ3v) is 5.14. The van der Waals surface area contributed by atoms with E-state index in [9.17, 15) is 9.59 Å². The molecule has 0 saturated heterocycles. The van der Waals surface area contributed by atoms with Gasteiger partial charge in [0.05, 0.1) is 0 Å². The van der Waals surface area contributed by atoms with Crippen molar-refractivity contribution in [2.75, 3.05) is 0 Å². The molecule has 0 unspecified atom stereocenters. The van der Waals surface area contributed by atoms with Crippen LogP contribution in [0.4, 0.5) is 0 Å². The number of carbonyl (C=O) groups is 1. The molecular formula is C27H17NO3. The average Bonchev–Trinajstić information content (AvgIpc) is 2.84. The minimum absolute atomic E-state index is 0.0676. The molecule has 0 spiro atoms. The third kappa shape index (κ3) is 3.55. The molecule has 1 aromatic heterocycles. The summed E-state index contributed by atoms with van der Waals surface area (Å²) in [4.78, 5) is 30.4. The molecule has 0 atom stereocenters. The van der Waals surface area contributed by atoms with E-state index < -0.39 is 11.3 Å². The van der Waals surface area contributed by atoms with E-state index in [0.717, 1.165) is 10.8 Å². The van der Waals surface area contributed by atoms with Crippen LogP contribution in [0.2, 0.25) is 0 Å². The standard InChI is InChI=1S/C27H17NO3/c29-24(19-10-3-1-4-11-19)23-25(20-12-5-2-6-13-20)31-27(28-26(23)30)22-16-15-18-9-7-8-14-21(18)17-22/h1-17H. The Morgan fingerprint density at radius 2 is 1.32 bits per heavy atom. The number of nitrogens with zero attached hydrogens (tertiary/aromatic N) is 1. The topological polar surface area (TPSA) is 60.2 Å². The molecule has 148 valence electrons. The number of ketones is 1. The lowest BCUT2D eigenvalue weighted by molar-refractivity contribution is 0.103. The summed E-state index contributed by atoms with van der Waals surface area (Å²) in [7, 11) is 0. The van der Waals surface area contributed by atoms with E-state index in [4.69, 9.17) is 4.42 Å². The number of aromatic nitrogens is 1. The lowest BCUT2D eigenvalue weighted by Gasteiger charge is -2.10. The normalized spacial score (nSPS) is 10.8. The van der Waals surface area contributed by atoms with Crippen molar-refractivity contribution in [3.05, 3.63) is 125 Å². The highest BCUT2D eigenvalue weighted by atomic mass is 16.3. The van der Waals surface area contributed by atoms with E-state index in [-0.39, 0.29) is 17.2 Å². The van der Waals surface area contributed by atoms with E-state index in [0.29, 0.717) is 16.7 Å². The van der Waals surface area contributed by atoms with Gasteiger partial charge in [-0.05, 0) is 22.9 Å². The van der Waals surface area contributed by atoms with Crippen molar-refractivity contribution in [1.82, 2.24) is 4.98 Å². The van der Waals surface area contributed by atoms with Crippen LogP contribution in [0.25, 0.3) is 33.6 Å². The Morgan fingerprint density at radius 1 is 0.677 bits per heavy atom. The first-order valence-electron chi connectivity index (χ1n) is 9.90. The van der Waals surface area contributed by atoms with Crippen molar-refractivity contribution in [3.8, 4) is 22.8 Å². The van der Waals surface area contributed by atoms with Gasteiger partial charge in [-0.2, -0.15) is 4.98 Å². The molecule has 0 radical (unpaired) electrons. The predicted octanol–water partition coefficient (Wildman–Crippen LogP) is 5.75. The summed E-state index contributed by atoms with van der Waals surface area (Å²) < 4.78 is 6.12. The smallest absolute Gasteiger partial charge is 0.288 e. The van der Waals surface area contributed by atoms with Gasteiger partial charge in [0.25, 0.3) is 5.56 Å². The Kier molecular flexibility index (Phi) is 4.73. The predicted molar refractivity (Wildman–Crippen MR) is 121 cm³/mol. The van der Waals surface area contributed by atoms with Crippen molar-refractivity contribution in [2.45, 2.75) is 0 Å². The quantitative estimate of drug-likeness (QED) is 0.358. The number of benzene rings is 4. The number of fused-ring (bicyclic) bond motifs is 1. The molecular weight excluding hydrogens is 386 g/mol. The van der Waals surface area contributed by atoms with E-state index in [2.05, 4.69) is 4.98 Å². The molecule has 0 fully saturated rings. The van der Waals surface area contributed by atoms with Crippen molar-refractivity contribution < 1.29 is 9.21 Å². The largest absolute Gasteiger partial charge is 0.437 e. The summed E-state index contributed by atoms with van der Waals surface area (Å²) in [6.45, 7) is 0. The summed E-state index contributed by atoms with van der Waals surface area (Å²) in [5, 5.41) is 2.09. The number of rotatable bonds is 4. The molecule has 5 rings (SSSR count). The van der Waals surface area contributed by atoms with Crippen LogP contribution >= 0.6 is 0 Å². The van der Waals surface area contributed by atoms with E-state index in [1.54, 1.807) is 24.3 Å². The lowest BCUT2D eigenvalue weighted by Crippen LogP contribution is -2.20. The van der Waals surface area contributed by atoms with Gasteiger partial charge in [0.2, 0.25) is 11.7 Å². The van der Waals surface area contributed by atoms with Gasteiger partial charge in [0.1, 0.15) is 5.56 Å². The van der Waals surface area contributed by atoms with Crippen LogP contribution in [0.5, 0.6) is 0 Å². The highest BCUT2D eigenvalue weighted by molar-refractivity contribution is 6.11.